The lowest BCUT2D eigenvalue weighted by molar-refractivity contribution is -0.133. The van der Waals surface area contributed by atoms with Gasteiger partial charge in [0, 0.05) is 11.4 Å². The molecule has 0 saturated heterocycles. The zero-order chi connectivity index (χ0) is 17.9. The third-order valence-electron chi connectivity index (χ3n) is 4.22. The topological polar surface area (TPSA) is 58.2 Å². The maximum atomic E-state index is 12.3. The van der Waals surface area contributed by atoms with Gasteiger partial charge in [0.15, 0.2) is 0 Å². The van der Waals surface area contributed by atoms with Gasteiger partial charge in [0.05, 0.1) is 0 Å². The third-order valence-corrected chi connectivity index (χ3v) is 4.22. The Kier molecular flexibility index (Phi) is 5.39. The Hall–Kier alpha value is -2.62. The van der Waals surface area contributed by atoms with E-state index in [0.29, 0.717) is 11.4 Å². The summed E-state index contributed by atoms with van der Waals surface area (Å²) in [6.45, 7) is 9.92. The number of rotatable bonds is 3. The van der Waals surface area contributed by atoms with Gasteiger partial charge in [-0.05, 0) is 55.0 Å². The van der Waals surface area contributed by atoms with Crippen LogP contribution in [0, 0.1) is 20.8 Å². The Labute approximate surface area is 143 Å². The molecule has 0 aliphatic heterocycles. The van der Waals surface area contributed by atoms with Crippen molar-refractivity contribution in [2.24, 2.45) is 0 Å². The molecule has 2 N–H and O–H groups in total. The number of nitrogens with one attached hydrogen (secondary N) is 2. The molecule has 0 radical (unpaired) electrons. The maximum Gasteiger partial charge on any atom is 0.314 e. The monoisotopic (exact) mass is 324 g/mol. The van der Waals surface area contributed by atoms with Crippen molar-refractivity contribution in [1.82, 2.24) is 0 Å². The fourth-order valence-electron chi connectivity index (χ4n) is 2.58. The highest BCUT2D eigenvalue weighted by Crippen LogP contribution is 2.27. The van der Waals surface area contributed by atoms with Gasteiger partial charge in [-0.3, -0.25) is 9.59 Å². The number of benzene rings is 2. The Morgan fingerprint density at radius 3 is 2.08 bits per heavy atom. The average Bonchev–Trinajstić information content (AvgIpc) is 2.53. The molecule has 0 unspecified atom stereocenters. The summed E-state index contributed by atoms with van der Waals surface area (Å²) < 4.78 is 0. The zero-order valence-electron chi connectivity index (χ0n) is 14.9. The molecule has 0 atom stereocenters. The summed E-state index contributed by atoms with van der Waals surface area (Å²) in [6.07, 6.45) is 0. The lowest BCUT2D eigenvalue weighted by atomic mass is 9.98. The molecular weight excluding hydrogens is 300 g/mol. The van der Waals surface area contributed by atoms with E-state index in [-0.39, 0.29) is 5.92 Å². The lowest BCUT2D eigenvalue weighted by Crippen LogP contribution is -2.30. The van der Waals surface area contributed by atoms with Gasteiger partial charge in [-0.1, -0.05) is 44.2 Å². The van der Waals surface area contributed by atoms with Crippen molar-refractivity contribution in [2.75, 3.05) is 10.6 Å². The minimum Gasteiger partial charge on any atom is -0.318 e. The molecular formula is C20H24N2O2. The van der Waals surface area contributed by atoms with E-state index in [2.05, 4.69) is 24.5 Å². The smallest absolute Gasteiger partial charge is 0.314 e. The molecule has 24 heavy (non-hydrogen) atoms. The normalized spacial score (nSPS) is 10.6. The first-order chi connectivity index (χ1) is 11.3. The molecule has 0 aliphatic rings. The predicted molar refractivity (Wildman–Crippen MR) is 98.4 cm³/mol. The molecule has 0 spiro atoms. The number of hydrogen-bond acceptors (Lipinski definition) is 2. The van der Waals surface area contributed by atoms with Gasteiger partial charge in [-0.15, -0.1) is 0 Å². The highest BCUT2D eigenvalue weighted by molar-refractivity contribution is 6.43. The standard InChI is InChI=1S/C20H24N2O2/c1-12(2)16-10-6-9-14(4)18(16)22-20(24)19(23)21-17-11-7-8-13(3)15(17)5/h6-12H,1-5H3,(H,21,23)(H,22,24). The van der Waals surface area contributed by atoms with E-state index in [0.717, 1.165) is 22.3 Å². The van der Waals surface area contributed by atoms with Crippen LogP contribution in [0.15, 0.2) is 36.4 Å². The van der Waals surface area contributed by atoms with Crippen molar-refractivity contribution in [1.29, 1.82) is 0 Å². The third kappa shape index (κ3) is 3.82. The summed E-state index contributed by atoms with van der Waals surface area (Å²) in [4.78, 5) is 24.6. The van der Waals surface area contributed by atoms with E-state index >= 15 is 0 Å². The summed E-state index contributed by atoms with van der Waals surface area (Å²) in [5.74, 6) is -1.07. The molecule has 4 heteroatoms. The Morgan fingerprint density at radius 2 is 1.42 bits per heavy atom. The first-order valence-electron chi connectivity index (χ1n) is 8.09. The van der Waals surface area contributed by atoms with Crippen molar-refractivity contribution < 1.29 is 9.59 Å². The van der Waals surface area contributed by atoms with Gasteiger partial charge in [-0.2, -0.15) is 0 Å². The molecule has 2 aromatic rings. The Bertz CT molecular complexity index is 779. The second kappa shape index (κ2) is 7.30. The van der Waals surface area contributed by atoms with Crippen LogP contribution in [0.5, 0.6) is 0 Å². The molecule has 0 heterocycles. The lowest BCUT2D eigenvalue weighted by Gasteiger charge is -2.16. The minimum absolute atomic E-state index is 0.252. The molecule has 2 aromatic carbocycles. The van der Waals surface area contributed by atoms with E-state index in [4.69, 9.17) is 0 Å². The molecule has 0 aromatic heterocycles. The average molecular weight is 324 g/mol. The summed E-state index contributed by atoms with van der Waals surface area (Å²) in [5, 5.41) is 5.45. The Balaban J connectivity index is 2.19. The van der Waals surface area contributed by atoms with Gasteiger partial charge >= 0.3 is 11.8 Å². The maximum absolute atomic E-state index is 12.3. The number of hydrogen-bond donors (Lipinski definition) is 2. The van der Waals surface area contributed by atoms with Crippen LogP contribution in [-0.4, -0.2) is 11.8 Å². The quantitative estimate of drug-likeness (QED) is 0.826. The fourth-order valence-corrected chi connectivity index (χ4v) is 2.58. The van der Waals surface area contributed by atoms with E-state index in [9.17, 15) is 9.59 Å². The van der Waals surface area contributed by atoms with Crippen molar-refractivity contribution in [3.8, 4) is 0 Å². The first-order valence-corrected chi connectivity index (χ1v) is 8.09. The number of carbonyl (C=O) groups excluding carboxylic acids is 2. The van der Waals surface area contributed by atoms with Crippen LogP contribution < -0.4 is 10.6 Å². The van der Waals surface area contributed by atoms with Crippen LogP contribution in [0.2, 0.25) is 0 Å². The van der Waals surface area contributed by atoms with Crippen LogP contribution in [0.4, 0.5) is 11.4 Å². The molecule has 4 nitrogen and oxygen atoms in total. The van der Waals surface area contributed by atoms with Crippen LogP contribution in [0.1, 0.15) is 42.0 Å². The fraction of sp³-hybridized carbons (Fsp3) is 0.300. The van der Waals surface area contributed by atoms with Crippen LogP contribution in [0.25, 0.3) is 0 Å². The molecule has 126 valence electrons. The number of anilines is 2. The molecule has 0 aliphatic carbocycles. The van der Waals surface area contributed by atoms with Crippen molar-refractivity contribution in [3.63, 3.8) is 0 Å². The summed E-state index contributed by atoms with van der Waals surface area (Å²) in [7, 11) is 0. The molecule has 0 fully saturated rings. The zero-order valence-corrected chi connectivity index (χ0v) is 14.9. The van der Waals surface area contributed by atoms with Crippen molar-refractivity contribution >= 4 is 23.2 Å². The number of para-hydroxylation sites is 1. The second-order valence-electron chi connectivity index (χ2n) is 6.35. The number of amides is 2. The first kappa shape index (κ1) is 17.7. The van der Waals surface area contributed by atoms with E-state index in [1.54, 1.807) is 6.07 Å². The molecule has 2 rings (SSSR count). The van der Waals surface area contributed by atoms with Crippen molar-refractivity contribution in [2.45, 2.75) is 40.5 Å². The van der Waals surface area contributed by atoms with Gasteiger partial charge in [-0.25, -0.2) is 0 Å². The second-order valence-corrected chi connectivity index (χ2v) is 6.35. The van der Waals surface area contributed by atoms with E-state index in [1.807, 2.05) is 51.1 Å². The molecule has 0 saturated carbocycles. The van der Waals surface area contributed by atoms with Crippen molar-refractivity contribution in [3.05, 3.63) is 58.7 Å². The predicted octanol–water partition coefficient (Wildman–Crippen LogP) is 4.31. The SMILES string of the molecule is Cc1cccc(NC(=O)C(=O)Nc2c(C)cccc2C(C)C)c1C. The highest BCUT2D eigenvalue weighted by atomic mass is 16.2. The van der Waals surface area contributed by atoms with Crippen LogP contribution in [0.3, 0.4) is 0 Å². The molecule has 2 amide bonds. The molecule has 0 bridgehead atoms. The minimum atomic E-state index is -0.665. The number of carbonyl (C=O) groups is 2. The summed E-state index contributed by atoms with van der Waals surface area (Å²) in [6, 6.07) is 11.5. The van der Waals surface area contributed by atoms with Gasteiger partial charge < -0.3 is 10.6 Å². The van der Waals surface area contributed by atoms with Gasteiger partial charge in [0.1, 0.15) is 0 Å². The Morgan fingerprint density at radius 1 is 0.833 bits per heavy atom. The van der Waals surface area contributed by atoms with Gasteiger partial charge in [0.2, 0.25) is 0 Å². The van der Waals surface area contributed by atoms with Crippen LogP contribution in [-0.2, 0) is 9.59 Å². The van der Waals surface area contributed by atoms with Gasteiger partial charge in [0.25, 0.3) is 0 Å². The summed E-state index contributed by atoms with van der Waals surface area (Å²) >= 11 is 0. The van der Waals surface area contributed by atoms with E-state index < -0.39 is 11.8 Å². The van der Waals surface area contributed by atoms with Crippen LogP contribution >= 0.6 is 0 Å². The largest absolute Gasteiger partial charge is 0.318 e. The summed E-state index contributed by atoms with van der Waals surface area (Å²) in [5.41, 5.74) is 5.35. The number of aryl methyl sites for hydroxylation is 2. The van der Waals surface area contributed by atoms with E-state index in [1.165, 1.54) is 0 Å². The highest BCUT2D eigenvalue weighted by Gasteiger charge is 2.18.